The molecule has 0 fully saturated rings. The highest BCUT2D eigenvalue weighted by atomic mass is 14.9. The van der Waals surface area contributed by atoms with Crippen molar-refractivity contribution in [3.63, 3.8) is 0 Å². The van der Waals surface area contributed by atoms with Crippen molar-refractivity contribution >= 4 is 22.7 Å². The Kier molecular flexibility index (Phi) is 6.08. The summed E-state index contributed by atoms with van der Waals surface area (Å²) in [5, 5.41) is 7.30. The standard InChI is InChI=1S/C29H30N2/c1-20-13-15-26(22(3)17-20)30-28-11-7-5-9-24(28)19-25-10-6-8-12-29(25)31-27-16-14-21(2)18-23(27)4/h5-18,30-31H,19H2,1-4H3. The molecule has 31 heavy (non-hydrogen) atoms. The summed E-state index contributed by atoms with van der Waals surface area (Å²) in [5.74, 6) is 0. The number of para-hydroxylation sites is 2. The maximum atomic E-state index is 3.65. The summed E-state index contributed by atoms with van der Waals surface area (Å²) in [5.41, 5.74) is 12.2. The van der Waals surface area contributed by atoms with Crippen LogP contribution in [0.1, 0.15) is 33.4 Å². The molecule has 4 aromatic carbocycles. The molecule has 0 spiro atoms. The van der Waals surface area contributed by atoms with Gasteiger partial charge in [-0.3, -0.25) is 0 Å². The highest BCUT2D eigenvalue weighted by Gasteiger charge is 2.09. The first-order valence-electron chi connectivity index (χ1n) is 10.8. The SMILES string of the molecule is Cc1ccc(Nc2ccccc2Cc2ccccc2Nc2ccc(C)cc2C)c(C)c1. The van der Waals surface area contributed by atoms with Crippen LogP contribution >= 0.6 is 0 Å². The van der Waals surface area contributed by atoms with Crippen molar-refractivity contribution in [3.8, 4) is 0 Å². The molecule has 4 aromatic rings. The Bertz CT molecular complexity index is 1110. The Morgan fingerprint density at radius 2 is 0.903 bits per heavy atom. The van der Waals surface area contributed by atoms with Gasteiger partial charge < -0.3 is 10.6 Å². The van der Waals surface area contributed by atoms with Crippen LogP contribution in [0.5, 0.6) is 0 Å². The molecule has 4 rings (SSSR count). The van der Waals surface area contributed by atoms with E-state index in [0.29, 0.717) is 0 Å². The maximum absolute atomic E-state index is 3.65. The van der Waals surface area contributed by atoms with Crippen LogP contribution in [0.3, 0.4) is 0 Å². The van der Waals surface area contributed by atoms with E-state index in [2.05, 4.69) is 123 Å². The Labute approximate surface area is 186 Å². The molecule has 156 valence electrons. The molecule has 0 unspecified atom stereocenters. The number of hydrogen-bond donors (Lipinski definition) is 2. The van der Waals surface area contributed by atoms with Crippen molar-refractivity contribution in [1.82, 2.24) is 0 Å². The summed E-state index contributed by atoms with van der Waals surface area (Å²) in [6.45, 7) is 8.57. The third kappa shape index (κ3) is 4.97. The first kappa shape index (κ1) is 20.7. The predicted molar refractivity (Wildman–Crippen MR) is 134 cm³/mol. The number of rotatable bonds is 6. The lowest BCUT2D eigenvalue weighted by molar-refractivity contribution is 1.19. The van der Waals surface area contributed by atoms with E-state index in [9.17, 15) is 0 Å². The Balaban J connectivity index is 1.62. The van der Waals surface area contributed by atoms with Crippen molar-refractivity contribution in [1.29, 1.82) is 0 Å². The average molecular weight is 407 g/mol. The number of hydrogen-bond acceptors (Lipinski definition) is 2. The van der Waals surface area contributed by atoms with Gasteiger partial charge in [-0.25, -0.2) is 0 Å². The Morgan fingerprint density at radius 1 is 0.484 bits per heavy atom. The minimum absolute atomic E-state index is 0.849. The van der Waals surface area contributed by atoms with E-state index >= 15 is 0 Å². The lowest BCUT2D eigenvalue weighted by Crippen LogP contribution is -2.02. The number of aryl methyl sites for hydroxylation is 4. The predicted octanol–water partition coefficient (Wildman–Crippen LogP) is 8.00. The van der Waals surface area contributed by atoms with E-state index in [1.165, 1.54) is 33.4 Å². The summed E-state index contributed by atoms with van der Waals surface area (Å²) in [7, 11) is 0. The van der Waals surface area contributed by atoms with Gasteiger partial charge in [0.1, 0.15) is 0 Å². The summed E-state index contributed by atoms with van der Waals surface area (Å²) in [6.07, 6.45) is 0.849. The third-order valence-electron chi connectivity index (χ3n) is 5.72. The normalized spacial score (nSPS) is 10.7. The molecule has 0 aliphatic rings. The van der Waals surface area contributed by atoms with Gasteiger partial charge in [0.25, 0.3) is 0 Å². The fourth-order valence-electron chi connectivity index (χ4n) is 4.00. The first-order chi connectivity index (χ1) is 15.0. The lowest BCUT2D eigenvalue weighted by Gasteiger charge is -2.17. The summed E-state index contributed by atoms with van der Waals surface area (Å²) < 4.78 is 0. The molecule has 0 radical (unpaired) electrons. The Morgan fingerprint density at radius 3 is 1.32 bits per heavy atom. The zero-order valence-corrected chi connectivity index (χ0v) is 18.8. The third-order valence-corrected chi connectivity index (χ3v) is 5.72. The van der Waals surface area contributed by atoms with Crippen LogP contribution < -0.4 is 10.6 Å². The van der Waals surface area contributed by atoms with E-state index in [-0.39, 0.29) is 0 Å². The zero-order chi connectivity index (χ0) is 21.8. The molecule has 2 heteroatoms. The number of anilines is 4. The second-order valence-corrected chi connectivity index (χ2v) is 8.38. The van der Waals surface area contributed by atoms with Crippen LogP contribution in [0.4, 0.5) is 22.7 Å². The monoisotopic (exact) mass is 406 g/mol. The molecule has 0 bridgehead atoms. The van der Waals surface area contributed by atoms with Crippen molar-refractivity contribution in [2.24, 2.45) is 0 Å². The maximum Gasteiger partial charge on any atom is 0.0420 e. The average Bonchev–Trinajstić information content (AvgIpc) is 2.74. The molecule has 0 aliphatic heterocycles. The van der Waals surface area contributed by atoms with Gasteiger partial charge in [0.2, 0.25) is 0 Å². The van der Waals surface area contributed by atoms with Crippen LogP contribution in [0.2, 0.25) is 0 Å². The van der Waals surface area contributed by atoms with E-state index in [1.807, 2.05) is 0 Å². The van der Waals surface area contributed by atoms with Crippen molar-refractivity contribution in [3.05, 3.63) is 118 Å². The minimum Gasteiger partial charge on any atom is -0.355 e. The highest BCUT2D eigenvalue weighted by molar-refractivity contribution is 5.70. The molecule has 2 N–H and O–H groups in total. The minimum atomic E-state index is 0.849. The van der Waals surface area contributed by atoms with E-state index in [0.717, 1.165) is 29.2 Å². The van der Waals surface area contributed by atoms with Gasteiger partial charge in [-0.1, -0.05) is 71.8 Å². The van der Waals surface area contributed by atoms with Crippen molar-refractivity contribution in [2.75, 3.05) is 10.6 Å². The van der Waals surface area contributed by atoms with E-state index in [4.69, 9.17) is 0 Å². The van der Waals surface area contributed by atoms with Gasteiger partial charge in [0.15, 0.2) is 0 Å². The fourth-order valence-corrected chi connectivity index (χ4v) is 4.00. The van der Waals surface area contributed by atoms with Gasteiger partial charge in [-0.05, 0) is 74.2 Å². The van der Waals surface area contributed by atoms with Gasteiger partial charge >= 0.3 is 0 Å². The molecule has 0 saturated heterocycles. The smallest absolute Gasteiger partial charge is 0.0420 e. The molecular weight excluding hydrogens is 376 g/mol. The topological polar surface area (TPSA) is 24.1 Å². The van der Waals surface area contributed by atoms with Crippen LogP contribution in [-0.4, -0.2) is 0 Å². The second kappa shape index (κ2) is 9.09. The summed E-state index contributed by atoms with van der Waals surface area (Å²) in [4.78, 5) is 0. The largest absolute Gasteiger partial charge is 0.355 e. The van der Waals surface area contributed by atoms with Crippen LogP contribution in [0.15, 0.2) is 84.9 Å². The van der Waals surface area contributed by atoms with Crippen LogP contribution in [0.25, 0.3) is 0 Å². The van der Waals surface area contributed by atoms with Gasteiger partial charge in [-0.2, -0.15) is 0 Å². The molecule has 0 saturated carbocycles. The van der Waals surface area contributed by atoms with Crippen molar-refractivity contribution < 1.29 is 0 Å². The lowest BCUT2D eigenvalue weighted by atomic mass is 10.0. The van der Waals surface area contributed by atoms with Crippen molar-refractivity contribution in [2.45, 2.75) is 34.1 Å². The first-order valence-corrected chi connectivity index (χ1v) is 10.8. The molecule has 2 nitrogen and oxygen atoms in total. The number of benzene rings is 4. The van der Waals surface area contributed by atoms with Crippen LogP contribution in [0, 0.1) is 27.7 Å². The molecular formula is C29H30N2. The van der Waals surface area contributed by atoms with E-state index < -0.39 is 0 Å². The molecule has 0 heterocycles. The summed E-state index contributed by atoms with van der Waals surface area (Å²) in [6, 6.07) is 30.2. The molecule has 0 amide bonds. The highest BCUT2D eigenvalue weighted by Crippen LogP contribution is 2.30. The molecule has 0 aliphatic carbocycles. The molecule has 0 aromatic heterocycles. The zero-order valence-electron chi connectivity index (χ0n) is 18.8. The Hall–Kier alpha value is -3.52. The van der Waals surface area contributed by atoms with Gasteiger partial charge in [0.05, 0.1) is 0 Å². The summed E-state index contributed by atoms with van der Waals surface area (Å²) >= 11 is 0. The van der Waals surface area contributed by atoms with E-state index in [1.54, 1.807) is 0 Å². The van der Waals surface area contributed by atoms with Gasteiger partial charge in [0, 0.05) is 29.2 Å². The second-order valence-electron chi connectivity index (χ2n) is 8.38. The quantitative estimate of drug-likeness (QED) is 0.339. The number of nitrogens with one attached hydrogen (secondary N) is 2. The van der Waals surface area contributed by atoms with Gasteiger partial charge in [-0.15, -0.1) is 0 Å². The molecule has 0 atom stereocenters. The van der Waals surface area contributed by atoms with Crippen LogP contribution in [-0.2, 0) is 6.42 Å². The fraction of sp³-hybridized carbons (Fsp3) is 0.172.